The summed E-state index contributed by atoms with van der Waals surface area (Å²) in [6.07, 6.45) is 5.05. The third kappa shape index (κ3) is 4.08. The van der Waals surface area contributed by atoms with Crippen molar-refractivity contribution in [2.45, 2.75) is 26.2 Å². The Labute approximate surface area is 144 Å². The molecule has 1 amide bonds. The van der Waals surface area contributed by atoms with Crippen LogP contribution in [-0.4, -0.2) is 27.6 Å². The maximum atomic E-state index is 12.0. The van der Waals surface area contributed by atoms with Crippen LogP contribution in [0.1, 0.15) is 33.1 Å². The number of imidazole rings is 1. The van der Waals surface area contributed by atoms with E-state index in [2.05, 4.69) is 10.3 Å². The second-order valence-electron chi connectivity index (χ2n) is 5.63. The van der Waals surface area contributed by atoms with Gasteiger partial charge in [0.25, 0.3) is 0 Å². The first-order valence-electron chi connectivity index (χ1n) is 7.91. The number of fused-ring (bicyclic) bond motifs is 1. The van der Waals surface area contributed by atoms with Crippen molar-refractivity contribution in [2.24, 2.45) is 0 Å². The number of thiophene rings is 1. The summed E-state index contributed by atoms with van der Waals surface area (Å²) in [5.74, 6) is -0.0657. The van der Waals surface area contributed by atoms with E-state index in [9.17, 15) is 9.59 Å². The molecule has 0 fully saturated rings. The number of aryl methyl sites for hydroxylation is 1. The Kier molecular flexibility index (Phi) is 5.05. The summed E-state index contributed by atoms with van der Waals surface area (Å²) in [5.41, 5.74) is 1.84. The molecule has 0 radical (unpaired) electrons. The van der Waals surface area contributed by atoms with Crippen molar-refractivity contribution in [1.82, 2.24) is 14.7 Å². The van der Waals surface area contributed by atoms with Crippen LogP contribution in [0.25, 0.3) is 5.65 Å². The summed E-state index contributed by atoms with van der Waals surface area (Å²) in [5, 5.41) is 2.85. The second-order valence-corrected chi connectivity index (χ2v) is 6.92. The number of amides is 1. The quantitative estimate of drug-likeness (QED) is 0.672. The van der Waals surface area contributed by atoms with Crippen molar-refractivity contribution in [3.05, 3.63) is 58.2 Å². The zero-order valence-corrected chi connectivity index (χ0v) is 14.3. The van der Waals surface area contributed by atoms with Gasteiger partial charge in [-0.25, -0.2) is 4.98 Å². The van der Waals surface area contributed by atoms with Gasteiger partial charge in [-0.1, -0.05) is 6.07 Å². The molecule has 0 aliphatic carbocycles. The molecular weight excluding hydrogens is 322 g/mol. The topological polar surface area (TPSA) is 63.5 Å². The molecular formula is C18H19N3O2S. The van der Waals surface area contributed by atoms with E-state index in [1.165, 1.54) is 11.3 Å². The fourth-order valence-corrected chi connectivity index (χ4v) is 3.30. The van der Waals surface area contributed by atoms with Crippen LogP contribution >= 0.6 is 11.3 Å². The van der Waals surface area contributed by atoms with E-state index >= 15 is 0 Å². The molecule has 0 saturated heterocycles. The highest BCUT2D eigenvalue weighted by atomic mass is 32.1. The van der Waals surface area contributed by atoms with Gasteiger partial charge in [-0.05, 0) is 31.2 Å². The molecule has 0 atom stereocenters. The lowest BCUT2D eigenvalue weighted by atomic mass is 10.2. The van der Waals surface area contributed by atoms with Crippen molar-refractivity contribution in [1.29, 1.82) is 0 Å². The Morgan fingerprint density at radius 2 is 2.08 bits per heavy atom. The van der Waals surface area contributed by atoms with Gasteiger partial charge in [0.1, 0.15) is 5.65 Å². The molecule has 24 heavy (non-hydrogen) atoms. The van der Waals surface area contributed by atoms with Gasteiger partial charge in [-0.15, -0.1) is 11.3 Å². The van der Waals surface area contributed by atoms with Gasteiger partial charge in [0.15, 0.2) is 5.78 Å². The Morgan fingerprint density at radius 3 is 2.83 bits per heavy atom. The Balaban J connectivity index is 1.41. The molecule has 0 aromatic carbocycles. The predicted molar refractivity (Wildman–Crippen MR) is 94.5 cm³/mol. The second kappa shape index (κ2) is 7.40. The van der Waals surface area contributed by atoms with E-state index in [4.69, 9.17) is 0 Å². The molecule has 0 aliphatic heterocycles. The molecule has 0 saturated carbocycles. The minimum atomic E-state index is -0.0969. The summed E-state index contributed by atoms with van der Waals surface area (Å²) in [4.78, 5) is 30.2. The van der Waals surface area contributed by atoms with Crippen LogP contribution in [0.15, 0.2) is 42.7 Å². The molecule has 0 spiro atoms. The highest BCUT2D eigenvalue weighted by Gasteiger charge is 2.11. The van der Waals surface area contributed by atoms with E-state index in [-0.39, 0.29) is 24.5 Å². The molecule has 124 valence electrons. The highest BCUT2D eigenvalue weighted by Crippen LogP contribution is 2.17. The lowest BCUT2D eigenvalue weighted by Gasteiger charge is -2.03. The Bertz CT molecular complexity index is 833. The molecule has 3 rings (SSSR count). The summed E-state index contributed by atoms with van der Waals surface area (Å²) < 4.78 is 1.96. The lowest BCUT2D eigenvalue weighted by Crippen LogP contribution is -2.26. The average molecular weight is 341 g/mol. The molecule has 1 N–H and O–H groups in total. The van der Waals surface area contributed by atoms with Gasteiger partial charge in [-0.3, -0.25) is 9.59 Å². The fourth-order valence-electron chi connectivity index (χ4n) is 2.46. The molecule has 3 heterocycles. The summed E-state index contributed by atoms with van der Waals surface area (Å²) in [6.45, 7) is 2.49. The Hall–Kier alpha value is -2.47. The van der Waals surface area contributed by atoms with Gasteiger partial charge in [0, 0.05) is 43.1 Å². The largest absolute Gasteiger partial charge is 0.356 e. The number of Topliss-reactive ketones (excluding diaryl/α,β-unsaturated/α-hetero) is 1. The SMILES string of the molecule is Cc1ccc(C(=O)CCC(=O)NCCc2cn3ccccc3n2)s1. The Morgan fingerprint density at radius 1 is 1.21 bits per heavy atom. The van der Waals surface area contributed by atoms with Gasteiger partial charge < -0.3 is 9.72 Å². The van der Waals surface area contributed by atoms with Crippen molar-refractivity contribution < 1.29 is 9.59 Å². The summed E-state index contributed by atoms with van der Waals surface area (Å²) in [7, 11) is 0. The first kappa shape index (κ1) is 16.4. The minimum Gasteiger partial charge on any atom is -0.356 e. The molecule has 3 aromatic rings. The minimum absolute atomic E-state index is 0.0311. The van der Waals surface area contributed by atoms with Crippen molar-refractivity contribution in [3.8, 4) is 0 Å². The lowest BCUT2D eigenvalue weighted by molar-refractivity contribution is -0.121. The maximum Gasteiger partial charge on any atom is 0.220 e. The van der Waals surface area contributed by atoms with Crippen LogP contribution in [0.4, 0.5) is 0 Å². The molecule has 3 aromatic heterocycles. The number of pyridine rings is 1. The molecule has 0 bridgehead atoms. The average Bonchev–Trinajstić information content (AvgIpc) is 3.18. The first-order valence-corrected chi connectivity index (χ1v) is 8.72. The van der Waals surface area contributed by atoms with E-state index in [1.54, 1.807) is 0 Å². The van der Waals surface area contributed by atoms with Crippen LogP contribution in [0.2, 0.25) is 0 Å². The highest BCUT2D eigenvalue weighted by molar-refractivity contribution is 7.14. The van der Waals surface area contributed by atoms with Gasteiger partial charge in [0.05, 0.1) is 10.6 Å². The molecule has 0 aliphatic rings. The van der Waals surface area contributed by atoms with Crippen LogP contribution in [0.3, 0.4) is 0 Å². The van der Waals surface area contributed by atoms with Crippen molar-refractivity contribution in [3.63, 3.8) is 0 Å². The van der Waals surface area contributed by atoms with Gasteiger partial charge >= 0.3 is 0 Å². The number of rotatable bonds is 7. The normalized spacial score (nSPS) is 10.9. The van der Waals surface area contributed by atoms with E-state index < -0.39 is 0 Å². The number of nitrogens with zero attached hydrogens (tertiary/aromatic N) is 2. The fraction of sp³-hybridized carbons (Fsp3) is 0.278. The van der Waals surface area contributed by atoms with Gasteiger partial charge in [0.2, 0.25) is 5.91 Å². The molecule has 6 heteroatoms. The van der Waals surface area contributed by atoms with Gasteiger partial charge in [-0.2, -0.15) is 0 Å². The van der Waals surface area contributed by atoms with E-state index in [1.807, 2.05) is 54.0 Å². The summed E-state index contributed by atoms with van der Waals surface area (Å²) in [6, 6.07) is 9.59. The van der Waals surface area contributed by atoms with Crippen LogP contribution in [0.5, 0.6) is 0 Å². The zero-order chi connectivity index (χ0) is 16.9. The number of aromatic nitrogens is 2. The van der Waals surface area contributed by atoms with Crippen LogP contribution in [0, 0.1) is 6.92 Å². The number of hydrogen-bond donors (Lipinski definition) is 1. The first-order chi connectivity index (χ1) is 11.6. The van der Waals surface area contributed by atoms with E-state index in [0.29, 0.717) is 13.0 Å². The number of carbonyl (C=O) groups is 2. The molecule has 5 nitrogen and oxygen atoms in total. The number of carbonyl (C=O) groups excluding carboxylic acids is 2. The molecule has 0 unspecified atom stereocenters. The third-order valence-corrected chi connectivity index (χ3v) is 4.75. The number of nitrogens with one attached hydrogen (secondary N) is 1. The third-order valence-electron chi connectivity index (χ3n) is 3.71. The number of hydrogen-bond acceptors (Lipinski definition) is 4. The monoisotopic (exact) mass is 341 g/mol. The smallest absolute Gasteiger partial charge is 0.220 e. The summed E-state index contributed by atoms with van der Waals surface area (Å²) >= 11 is 1.47. The standard InChI is InChI=1S/C18H19N3O2S/c1-13-5-7-16(24-13)15(22)6-8-18(23)19-10-9-14-12-21-11-3-2-4-17(21)20-14/h2-5,7,11-12H,6,8-10H2,1H3,(H,19,23). The van der Waals surface area contributed by atoms with Crippen molar-refractivity contribution >= 4 is 28.7 Å². The van der Waals surface area contributed by atoms with E-state index in [0.717, 1.165) is 21.1 Å². The maximum absolute atomic E-state index is 12.0. The zero-order valence-electron chi connectivity index (χ0n) is 13.5. The number of ketones is 1. The predicted octanol–water partition coefficient (Wildman–Crippen LogP) is 3.03. The van der Waals surface area contributed by atoms with Crippen LogP contribution in [-0.2, 0) is 11.2 Å². The van der Waals surface area contributed by atoms with Crippen molar-refractivity contribution in [2.75, 3.05) is 6.54 Å². The van der Waals surface area contributed by atoms with Crippen LogP contribution < -0.4 is 5.32 Å².